The lowest BCUT2D eigenvalue weighted by atomic mass is 9.77. The average Bonchev–Trinajstić information content (AvgIpc) is 3.13. The molecule has 2 aromatic rings. The van der Waals surface area contributed by atoms with Crippen LogP contribution in [-0.2, 0) is 5.54 Å². The first kappa shape index (κ1) is 18.5. The van der Waals surface area contributed by atoms with Crippen LogP contribution in [0, 0.1) is 5.92 Å². The molecule has 8 heteroatoms. The molecule has 1 fully saturated rings. The van der Waals surface area contributed by atoms with E-state index in [-0.39, 0.29) is 36.0 Å². The summed E-state index contributed by atoms with van der Waals surface area (Å²) in [5.74, 6) is -0.0202. The summed E-state index contributed by atoms with van der Waals surface area (Å²) in [5, 5.41) is 4.02. The Morgan fingerprint density at radius 2 is 1.73 bits per heavy atom. The maximum atomic E-state index is 12.8. The topological polar surface area (TPSA) is 102 Å². The summed E-state index contributed by atoms with van der Waals surface area (Å²) in [7, 11) is 0. The molecule has 2 N–H and O–H groups in total. The van der Waals surface area contributed by atoms with Crippen molar-refractivity contribution in [3.05, 3.63) is 47.1 Å². The molecule has 1 saturated carbocycles. The Bertz CT molecular complexity index is 825. The number of halogens is 1. The highest BCUT2D eigenvalue weighted by Crippen LogP contribution is 2.39. The molecule has 1 aliphatic heterocycles. The van der Waals surface area contributed by atoms with Crippen LogP contribution < -0.4 is 5.73 Å². The third-order valence-corrected chi connectivity index (χ3v) is 5.12. The molecule has 0 spiro atoms. The van der Waals surface area contributed by atoms with Crippen LogP contribution in [0.5, 0.6) is 0 Å². The number of nitrogens with two attached hydrogens (primary N) is 1. The lowest BCUT2D eigenvalue weighted by Crippen LogP contribution is -2.44. The van der Waals surface area contributed by atoms with Crippen LogP contribution in [0.15, 0.2) is 28.8 Å². The van der Waals surface area contributed by atoms with Gasteiger partial charge >= 0.3 is 0 Å². The quantitative estimate of drug-likeness (QED) is 0.823. The van der Waals surface area contributed by atoms with E-state index in [0.29, 0.717) is 17.0 Å². The molecule has 0 bridgehead atoms. The molecular weight excluding hydrogens is 356 g/mol. The predicted molar refractivity (Wildman–Crippen MR) is 95.8 cm³/mol. The second kappa shape index (κ2) is 6.48. The fraction of sp³-hybridized carbons (Fsp3) is 0.444. The highest BCUT2D eigenvalue weighted by Gasteiger charge is 2.45. The van der Waals surface area contributed by atoms with Crippen LogP contribution in [0.1, 0.15) is 71.6 Å². The number of carbonyl (C=O) groups is 2. The van der Waals surface area contributed by atoms with Gasteiger partial charge in [0, 0.05) is 0 Å². The minimum Gasteiger partial charge on any atom is -0.337 e. The molecule has 1 aliphatic carbocycles. The van der Waals surface area contributed by atoms with Gasteiger partial charge in [-0.15, -0.1) is 12.4 Å². The second-order valence-corrected chi connectivity index (χ2v) is 7.18. The van der Waals surface area contributed by atoms with Crippen molar-refractivity contribution in [3.8, 4) is 0 Å². The minimum absolute atomic E-state index is 0. The van der Waals surface area contributed by atoms with Crippen molar-refractivity contribution in [1.29, 1.82) is 0 Å². The molecule has 2 heterocycles. The zero-order valence-electron chi connectivity index (χ0n) is 14.6. The number of aromatic nitrogens is 2. The van der Waals surface area contributed by atoms with Crippen LogP contribution in [0.3, 0.4) is 0 Å². The van der Waals surface area contributed by atoms with Crippen LogP contribution >= 0.6 is 12.4 Å². The van der Waals surface area contributed by atoms with Crippen LogP contribution in [0.25, 0.3) is 0 Å². The molecule has 1 aromatic carbocycles. The maximum Gasteiger partial charge on any atom is 0.262 e. The first-order valence-electron chi connectivity index (χ1n) is 8.52. The lowest BCUT2D eigenvalue weighted by Gasteiger charge is -2.34. The third kappa shape index (κ3) is 2.62. The van der Waals surface area contributed by atoms with E-state index in [0.717, 1.165) is 19.3 Å². The van der Waals surface area contributed by atoms with Crippen molar-refractivity contribution in [2.24, 2.45) is 11.7 Å². The maximum absolute atomic E-state index is 12.8. The van der Waals surface area contributed by atoms with Gasteiger partial charge in [0.2, 0.25) is 5.89 Å². The third-order valence-electron chi connectivity index (χ3n) is 5.12. The first-order chi connectivity index (χ1) is 11.9. The number of imide groups is 1. The van der Waals surface area contributed by atoms with Crippen molar-refractivity contribution in [2.75, 3.05) is 0 Å². The Labute approximate surface area is 157 Å². The summed E-state index contributed by atoms with van der Waals surface area (Å²) < 4.78 is 5.43. The Kier molecular flexibility index (Phi) is 4.62. The number of fused-ring (bicyclic) bond motifs is 1. The van der Waals surface area contributed by atoms with Crippen molar-refractivity contribution in [1.82, 2.24) is 15.0 Å². The first-order valence-corrected chi connectivity index (χ1v) is 8.52. The van der Waals surface area contributed by atoms with E-state index in [1.165, 1.54) is 4.90 Å². The van der Waals surface area contributed by atoms with E-state index < -0.39 is 11.6 Å². The molecule has 1 aromatic heterocycles. The molecule has 1 unspecified atom stereocenters. The van der Waals surface area contributed by atoms with E-state index >= 15 is 0 Å². The molecule has 2 amide bonds. The molecule has 138 valence electrons. The molecule has 4 rings (SSSR count). The smallest absolute Gasteiger partial charge is 0.262 e. The van der Waals surface area contributed by atoms with Gasteiger partial charge in [-0.2, -0.15) is 4.98 Å². The van der Waals surface area contributed by atoms with Gasteiger partial charge in [0.15, 0.2) is 5.82 Å². The fourth-order valence-electron chi connectivity index (χ4n) is 3.49. The van der Waals surface area contributed by atoms with Crippen LogP contribution in [0.4, 0.5) is 0 Å². The van der Waals surface area contributed by atoms with Gasteiger partial charge in [-0.1, -0.05) is 31.1 Å². The zero-order valence-corrected chi connectivity index (χ0v) is 15.5. The number of benzene rings is 1. The number of nitrogens with zero attached hydrogens (tertiary/aromatic N) is 3. The Hall–Kier alpha value is -2.25. The number of hydrogen-bond acceptors (Lipinski definition) is 6. The number of carbonyl (C=O) groups excluding carboxylic acids is 2. The Morgan fingerprint density at radius 3 is 2.19 bits per heavy atom. The van der Waals surface area contributed by atoms with Gasteiger partial charge in [-0.3, -0.25) is 14.5 Å². The Balaban J connectivity index is 0.00000196. The normalized spacial score (nSPS) is 19.2. The zero-order chi connectivity index (χ0) is 17.8. The van der Waals surface area contributed by atoms with Crippen molar-refractivity contribution >= 4 is 24.2 Å². The van der Waals surface area contributed by atoms with Crippen LogP contribution in [0.2, 0.25) is 0 Å². The van der Waals surface area contributed by atoms with Gasteiger partial charge in [0.1, 0.15) is 6.04 Å². The van der Waals surface area contributed by atoms with Gasteiger partial charge in [0.05, 0.1) is 16.7 Å². The molecular formula is C18H21ClN4O3. The molecule has 2 aliphatic rings. The predicted octanol–water partition coefficient (Wildman–Crippen LogP) is 2.82. The van der Waals surface area contributed by atoms with E-state index in [1.54, 1.807) is 24.3 Å². The molecule has 0 radical (unpaired) electrons. The van der Waals surface area contributed by atoms with E-state index in [1.807, 2.05) is 13.8 Å². The fourth-order valence-corrected chi connectivity index (χ4v) is 3.49. The molecule has 0 saturated heterocycles. The van der Waals surface area contributed by atoms with E-state index in [9.17, 15) is 9.59 Å². The summed E-state index contributed by atoms with van der Waals surface area (Å²) in [4.78, 5) is 31.3. The lowest BCUT2D eigenvalue weighted by molar-refractivity contribution is 0.0497. The molecule has 1 atom stereocenters. The number of amides is 2. The summed E-state index contributed by atoms with van der Waals surface area (Å²) >= 11 is 0. The summed E-state index contributed by atoms with van der Waals surface area (Å²) in [5.41, 5.74) is 6.53. The summed E-state index contributed by atoms with van der Waals surface area (Å²) in [6.07, 6.45) is 2.66. The SMILES string of the molecule is CC(C)C(c1nc(C2(N)CCC2)no1)N1C(=O)c2ccccc2C1=O.Cl. The van der Waals surface area contributed by atoms with Gasteiger partial charge < -0.3 is 10.3 Å². The van der Waals surface area contributed by atoms with Gasteiger partial charge in [-0.05, 0) is 37.3 Å². The molecule has 7 nitrogen and oxygen atoms in total. The van der Waals surface area contributed by atoms with E-state index in [2.05, 4.69) is 10.1 Å². The summed E-state index contributed by atoms with van der Waals surface area (Å²) in [6.45, 7) is 3.83. The van der Waals surface area contributed by atoms with Crippen molar-refractivity contribution in [3.63, 3.8) is 0 Å². The summed E-state index contributed by atoms with van der Waals surface area (Å²) in [6, 6.07) is 6.21. The number of hydrogen-bond donors (Lipinski definition) is 1. The highest BCUT2D eigenvalue weighted by molar-refractivity contribution is 6.21. The number of rotatable bonds is 4. The molecule has 26 heavy (non-hydrogen) atoms. The van der Waals surface area contributed by atoms with Crippen LogP contribution in [-0.4, -0.2) is 26.9 Å². The highest BCUT2D eigenvalue weighted by atomic mass is 35.5. The second-order valence-electron chi connectivity index (χ2n) is 7.18. The average molecular weight is 377 g/mol. The standard InChI is InChI=1S/C18H20N4O3.ClH/c1-10(2)13(14-20-17(21-25-14)18(19)8-5-9-18)22-15(23)11-6-3-4-7-12(11)16(22)24;/h3-4,6-7,10,13H,5,8-9,19H2,1-2H3;1H. The minimum atomic E-state index is -0.614. The Morgan fingerprint density at radius 1 is 1.15 bits per heavy atom. The largest absolute Gasteiger partial charge is 0.337 e. The van der Waals surface area contributed by atoms with Gasteiger partial charge in [0.25, 0.3) is 11.8 Å². The van der Waals surface area contributed by atoms with Crippen molar-refractivity contribution in [2.45, 2.75) is 44.7 Å². The monoisotopic (exact) mass is 376 g/mol. The van der Waals surface area contributed by atoms with E-state index in [4.69, 9.17) is 10.3 Å². The van der Waals surface area contributed by atoms with Gasteiger partial charge in [-0.25, -0.2) is 0 Å². The van der Waals surface area contributed by atoms with Crippen molar-refractivity contribution < 1.29 is 14.1 Å².